The summed E-state index contributed by atoms with van der Waals surface area (Å²) < 4.78 is 5.20. The highest BCUT2D eigenvalue weighted by Crippen LogP contribution is 2.33. The van der Waals surface area contributed by atoms with Gasteiger partial charge >= 0.3 is 0 Å². The van der Waals surface area contributed by atoms with Crippen LogP contribution in [-0.4, -0.2) is 43.3 Å². The molecule has 0 spiro atoms. The van der Waals surface area contributed by atoms with Crippen LogP contribution in [0.1, 0.15) is 18.0 Å². The Morgan fingerprint density at radius 1 is 1.38 bits per heavy atom. The molecule has 0 amide bonds. The van der Waals surface area contributed by atoms with Crippen LogP contribution in [0.25, 0.3) is 0 Å². The Balaban J connectivity index is 0.00000200. The van der Waals surface area contributed by atoms with Gasteiger partial charge in [-0.2, -0.15) is 5.26 Å². The van der Waals surface area contributed by atoms with Gasteiger partial charge in [0, 0.05) is 31.7 Å². The number of ether oxygens (including phenoxy) is 1. The Labute approximate surface area is 137 Å². The predicted molar refractivity (Wildman–Crippen MR) is 86.6 cm³/mol. The number of phenolic OH excluding ortho intramolecular Hbond substituents is 1. The van der Waals surface area contributed by atoms with E-state index in [2.05, 4.69) is 16.3 Å². The molecule has 1 fully saturated rings. The van der Waals surface area contributed by atoms with Gasteiger partial charge in [-0.3, -0.25) is 4.90 Å². The van der Waals surface area contributed by atoms with Crippen molar-refractivity contribution < 1.29 is 9.84 Å². The molecule has 5 nitrogen and oxygen atoms in total. The molecule has 1 aromatic carbocycles. The van der Waals surface area contributed by atoms with Gasteiger partial charge in [0.15, 0.2) is 0 Å². The first-order valence-corrected chi connectivity index (χ1v) is 6.45. The van der Waals surface area contributed by atoms with Crippen molar-refractivity contribution in [2.75, 3.05) is 33.3 Å². The quantitative estimate of drug-likeness (QED) is 0.883. The first-order valence-electron chi connectivity index (χ1n) is 6.45. The summed E-state index contributed by atoms with van der Waals surface area (Å²) in [4.78, 5) is 2.23. The number of benzene rings is 1. The Morgan fingerprint density at radius 3 is 2.62 bits per heavy atom. The van der Waals surface area contributed by atoms with Crippen molar-refractivity contribution in [1.29, 1.82) is 5.26 Å². The minimum Gasteiger partial charge on any atom is -0.508 e. The molecule has 1 aliphatic heterocycles. The van der Waals surface area contributed by atoms with Crippen LogP contribution in [-0.2, 0) is 0 Å². The summed E-state index contributed by atoms with van der Waals surface area (Å²) in [6.07, 6.45) is 0.362. The summed E-state index contributed by atoms with van der Waals surface area (Å²) in [6, 6.07) is 7.30. The fourth-order valence-electron chi connectivity index (χ4n) is 2.44. The van der Waals surface area contributed by atoms with Crippen LogP contribution in [0.5, 0.6) is 11.5 Å². The minimum atomic E-state index is -0.0813. The summed E-state index contributed by atoms with van der Waals surface area (Å²) in [5.74, 6) is 0.922. The molecule has 0 radical (unpaired) electrons. The maximum atomic E-state index is 10.1. The van der Waals surface area contributed by atoms with Gasteiger partial charge in [-0.1, -0.05) is 0 Å². The number of nitrogens with one attached hydrogen (secondary N) is 1. The summed E-state index contributed by atoms with van der Waals surface area (Å²) >= 11 is 0. The zero-order valence-corrected chi connectivity index (χ0v) is 13.5. The number of halogens is 2. The maximum absolute atomic E-state index is 10.1. The molecule has 1 saturated heterocycles. The lowest BCUT2D eigenvalue weighted by molar-refractivity contribution is 0.173. The first kappa shape index (κ1) is 19.8. The Morgan fingerprint density at radius 2 is 2.05 bits per heavy atom. The third-order valence-corrected chi connectivity index (χ3v) is 3.47. The van der Waals surface area contributed by atoms with Gasteiger partial charge in [0.05, 0.1) is 25.6 Å². The van der Waals surface area contributed by atoms with Crippen molar-refractivity contribution in [3.63, 3.8) is 0 Å². The zero-order chi connectivity index (χ0) is 13.7. The number of nitriles is 1. The molecule has 0 aromatic heterocycles. The van der Waals surface area contributed by atoms with E-state index in [4.69, 9.17) is 10.00 Å². The summed E-state index contributed by atoms with van der Waals surface area (Å²) in [5, 5.41) is 22.4. The molecule has 7 heteroatoms. The lowest BCUT2D eigenvalue weighted by Gasteiger charge is -2.34. The van der Waals surface area contributed by atoms with E-state index in [0.717, 1.165) is 31.7 Å². The van der Waals surface area contributed by atoms with Crippen molar-refractivity contribution in [1.82, 2.24) is 10.2 Å². The van der Waals surface area contributed by atoms with Gasteiger partial charge in [0.25, 0.3) is 0 Å². The third kappa shape index (κ3) is 4.94. The third-order valence-electron chi connectivity index (χ3n) is 3.47. The van der Waals surface area contributed by atoms with Crippen LogP contribution in [0.2, 0.25) is 0 Å². The molecule has 1 atom stereocenters. The van der Waals surface area contributed by atoms with Gasteiger partial charge < -0.3 is 15.2 Å². The van der Waals surface area contributed by atoms with Crippen LogP contribution in [0.4, 0.5) is 0 Å². The van der Waals surface area contributed by atoms with Gasteiger partial charge in [-0.15, -0.1) is 24.8 Å². The van der Waals surface area contributed by atoms with E-state index < -0.39 is 0 Å². The van der Waals surface area contributed by atoms with E-state index in [9.17, 15) is 5.11 Å². The van der Waals surface area contributed by atoms with E-state index >= 15 is 0 Å². The topological polar surface area (TPSA) is 68.5 Å². The number of piperazine rings is 1. The first-order chi connectivity index (χ1) is 9.26. The van der Waals surface area contributed by atoms with Crippen molar-refractivity contribution >= 4 is 24.8 Å². The van der Waals surface area contributed by atoms with Crippen molar-refractivity contribution in [2.45, 2.75) is 12.5 Å². The summed E-state index contributed by atoms with van der Waals surface area (Å²) in [5.41, 5.74) is 0.766. The molecule has 1 aromatic rings. The van der Waals surface area contributed by atoms with Gasteiger partial charge in [0.1, 0.15) is 11.5 Å². The van der Waals surface area contributed by atoms with E-state index in [-0.39, 0.29) is 36.6 Å². The zero-order valence-electron chi connectivity index (χ0n) is 11.9. The van der Waals surface area contributed by atoms with Crippen LogP contribution < -0.4 is 10.1 Å². The fraction of sp³-hybridized carbons (Fsp3) is 0.500. The minimum absolute atomic E-state index is 0. The van der Waals surface area contributed by atoms with Crippen molar-refractivity contribution in [2.24, 2.45) is 0 Å². The number of rotatable bonds is 4. The number of nitrogens with zero attached hydrogens (tertiary/aromatic N) is 2. The van der Waals surface area contributed by atoms with Gasteiger partial charge in [-0.05, 0) is 18.2 Å². The molecule has 1 aliphatic rings. The molecule has 0 unspecified atom stereocenters. The monoisotopic (exact) mass is 333 g/mol. The molecule has 0 bridgehead atoms. The molecule has 0 saturated carbocycles. The van der Waals surface area contributed by atoms with Crippen LogP contribution >= 0.6 is 24.8 Å². The molecule has 2 N–H and O–H groups in total. The highest BCUT2D eigenvalue weighted by molar-refractivity contribution is 5.85. The van der Waals surface area contributed by atoms with E-state index in [1.54, 1.807) is 19.2 Å². The number of methoxy groups -OCH3 is 1. The van der Waals surface area contributed by atoms with Crippen LogP contribution in [0.3, 0.4) is 0 Å². The Bertz CT molecular complexity index is 474. The highest BCUT2D eigenvalue weighted by atomic mass is 35.5. The Kier molecular flexibility index (Phi) is 9.14. The standard InChI is InChI=1S/C14H19N3O2.2ClH/c1-19-11-2-3-14(18)12(10-11)13(4-5-15)17-8-6-16-7-9-17;;/h2-3,10,13,16,18H,4,6-9H2,1H3;2*1H/t13-;;/m1../s1. The molecule has 1 heterocycles. The lowest BCUT2D eigenvalue weighted by atomic mass is 10.0. The smallest absolute Gasteiger partial charge is 0.120 e. The van der Waals surface area contributed by atoms with E-state index in [1.807, 2.05) is 6.07 Å². The average Bonchev–Trinajstić information content (AvgIpc) is 2.47. The fourth-order valence-corrected chi connectivity index (χ4v) is 2.44. The molecule has 118 valence electrons. The number of hydrogen-bond acceptors (Lipinski definition) is 5. The normalized spacial score (nSPS) is 16.0. The van der Waals surface area contributed by atoms with Crippen LogP contribution in [0, 0.1) is 11.3 Å². The number of phenols is 1. The second-order valence-electron chi connectivity index (χ2n) is 4.59. The van der Waals surface area contributed by atoms with Crippen molar-refractivity contribution in [3.05, 3.63) is 23.8 Å². The summed E-state index contributed by atoms with van der Waals surface area (Å²) in [7, 11) is 1.60. The second kappa shape index (κ2) is 9.69. The maximum Gasteiger partial charge on any atom is 0.120 e. The molecular weight excluding hydrogens is 313 g/mol. The van der Waals surface area contributed by atoms with E-state index in [0.29, 0.717) is 12.2 Å². The van der Waals surface area contributed by atoms with Gasteiger partial charge in [0.2, 0.25) is 0 Å². The number of hydrogen-bond donors (Lipinski definition) is 2. The van der Waals surface area contributed by atoms with Crippen LogP contribution in [0.15, 0.2) is 18.2 Å². The molecule has 21 heavy (non-hydrogen) atoms. The predicted octanol–water partition coefficient (Wildman–Crippen LogP) is 2.10. The molecule has 2 rings (SSSR count). The highest BCUT2D eigenvalue weighted by Gasteiger charge is 2.24. The number of aromatic hydroxyl groups is 1. The Hall–Kier alpha value is -1.19. The average molecular weight is 334 g/mol. The SMILES string of the molecule is COc1ccc(O)c([C@@H](CC#N)N2CCNCC2)c1.Cl.Cl. The lowest BCUT2D eigenvalue weighted by Crippen LogP contribution is -2.45. The molecular formula is C14H21Cl2N3O2. The van der Waals surface area contributed by atoms with E-state index in [1.165, 1.54) is 0 Å². The summed E-state index contributed by atoms with van der Waals surface area (Å²) in [6.45, 7) is 3.57. The van der Waals surface area contributed by atoms with Gasteiger partial charge in [-0.25, -0.2) is 0 Å². The second-order valence-corrected chi connectivity index (χ2v) is 4.59. The molecule has 0 aliphatic carbocycles. The van der Waals surface area contributed by atoms with Crippen molar-refractivity contribution in [3.8, 4) is 17.6 Å². The largest absolute Gasteiger partial charge is 0.508 e.